The molecule has 0 aliphatic carbocycles. The standard InChI is InChI=1S/C29H54N6/c1-24(2,3)33-12-10-28(19-33)15-31-23(28)22-13-30-14-29(22)20-35(21-29)26(6,7)25(4,5)34-17-27(18-34)9-11-32(8)16-27/h22-23,30-31H,9-21H2,1-8H3. The monoisotopic (exact) mass is 486 g/mol. The van der Waals surface area contributed by atoms with Gasteiger partial charge in [0.15, 0.2) is 0 Å². The van der Waals surface area contributed by atoms with E-state index in [1.807, 2.05) is 0 Å². The molecule has 6 aliphatic rings. The minimum atomic E-state index is 0.179. The van der Waals surface area contributed by atoms with Crippen molar-refractivity contribution in [2.75, 3.05) is 79.0 Å². The predicted molar refractivity (Wildman–Crippen MR) is 145 cm³/mol. The molecule has 2 N–H and O–H groups in total. The highest BCUT2D eigenvalue weighted by atomic mass is 15.4. The lowest BCUT2D eigenvalue weighted by molar-refractivity contribution is -0.172. The summed E-state index contributed by atoms with van der Waals surface area (Å²) in [6.07, 6.45) is 2.77. The average molecular weight is 487 g/mol. The molecule has 0 aromatic carbocycles. The summed E-state index contributed by atoms with van der Waals surface area (Å²) in [5.41, 5.74) is 2.20. The lowest BCUT2D eigenvalue weighted by Gasteiger charge is -2.67. The van der Waals surface area contributed by atoms with Crippen molar-refractivity contribution in [3.8, 4) is 0 Å². The first-order valence-corrected chi connectivity index (χ1v) is 14.6. The summed E-state index contributed by atoms with van der Waals surface area (Å²) < 4.78 is 0. The van der Waals surface area contributed by atoms with Gasteiger partial charge in [-0.3, -0.25) is 14.7 Å². The minimum Gasteiger partial charge on any atom is -0.316 e. The normalized spacial score (nSPS) is 38.4. The van der Waals surface area contributed by atoms with E-state index in [1.165, 1.54) is 84.8 Å². The number of nitrogens with one attached hydrogen (secondary N) is 2. The van der Waals surface area contributed by atoms with Crippen LogP contribution in [0.4, 0.5) is 0 Å². The summed E-state index contributed by atoms with van der Waals surface area (Å²) in [5, 5.41) is 7.83. The van der Waals surface area contributed by atoms with E-state index in [1.54, 1.807) is 0 Å². The number of hydrogen-bond acceptors (Lipinski definition) is 6. The second kappa shape index (κ2) is 7.66. The van der Waals surface area contributed by atoms with Gasteiger partial charge in [0, 0.05) is 97.8 Å². The molecule has 6 rings (SSSR count). The van der Waals surface area contributed by atoms with Crippen LogP contribution < -0.4 is 10.6 Å². The molecule has 0 aromatic heterocycles. The molecule has 3 spiro atoms. The molecule has 6 heterocycles. The van der Waals surface area contributed by atoms with Crippen molar-refractivity contribution in [3.63, 3.8) is 0 Å². The van der Waals surface area contributed by atoms with Gasteiger partial charge < -0.3 is 15.5 Å². The van der Waals surface area contributed by atoms with Crippen molar-refractivity contribution >= 4 is 0 Å². The highest BCUT2D eigenvalue weighted by Gasteiger charge is 2.65. The third-order valence-electron chi connectivity index (χ3n) is 12.5. The van der Waals surface area contributed by atoms with Crippen LogP contribution >= 0.6 is 0 Å². The minimum absolute atomic E-state index is 0.179. The number of rotatable bonds is 4. The van der Waals surface area contributed by atoms with Crippen LogP contribution in [0.3, 0.4) is 0 Å². The van der Waals surface area contributed by atoms with Crippen LogP contribution in [0, 0.1) is 22.2 Å². The van der Waals surface area contributed by atoms with Gasteiger partial charge in [-0.05, 0) is 87.4 Å². The summed E-state index contributed by atoms with van der Waals surface area (Å²) >= 11 is 0. The highest BCUT2D eigenvalue weighted by Crippen LogP contribution is 2.55. The van der Waals surface area contributed by atoms with Gasteiger partial charge in [-0.15, -0.1) is 0 Å². The van der Waals surface area contributed by atoms with Gasteiger partial charge in [0.25, 0.3) is 0 Å². The van der Waals surface area contributed by atoms with Gasteiger partial charge in [0.2, 0.25) is 0 Å². The van der Waals surface area contributed by atoms with Gasteiger partial charge in [-0.2, -0.15) is 0 Å². The first kappa shape index (κ1) is 25.1. The van der Waals surface area contributed by atoms with Crippen molar-refractivity contribution in [1.82, 2.24) is 30.2 Å². The molecular formula is C29H54N6. The molecule has 0 saturated carbocycles. The van der Waals surface area contributed by atoms with E-state index in [-0.39, 0.29) is 11.1 Å². The number of hydrogen-bond donors (Lipinski definition) is 2. The first-order valence-electron chi connectivity index (χ1n) is 14.6. The molecule has 3 unspecified atom stereocenters. The Morgan fingerprint density at radius 3 is 1.83 bits per heavy atom. The number of likely N-dealkylation sites (tertiary alicyclic amines) is 4. The molecule has 200 valence electrons. The largest absolute Gasteiger partial charge is 0.316 e. The summed E-state index contributed by atoms with van der Waals surface area (Å²) in [7, 11) is 2.30. The van der Waals surface area contributed by atoms with Crippen molar-refractivity contribution in [2.45, 2.75) is 84.0 Å². The Bertz CT molecular complexity index is 833. The van der Waals surface area contributed by atoms with E-state index in [0.717, 1.165) is 5.92 Å². The zero-order valence-corrected chi connectivity index (χ0v) is 24.1. The van der Waals surface area contributed by atoms with Crippen LogP contribution in [0.1, 0.15) is 61.3 Å². The fourth-order valence-corrected chi connectivity index (χ4v) is 9.04. The van der Waals surface area contributed by atoms with Gasteiger partial charge in [-0.25, -0.2) is 0 Å². The third-order valence-corrected chi connectivity index (χ3v) is 12.5. The smallest absolute Gasteiger partial charge is 0.0332 e. The molecule has 0 aromatic rings. The molecule has 6 heteroatoms. The van der Waals surface area contributed by atoms with Crippen LogP contribution in [0.5, 0.6) is 0 Å². The van der Waals surface area contributed by atoms with Crippen LogP contribution in [0.25, 0.3) is 0 Å². The fourth-order valence-electron chi connectivity index (χ4n) is 9.04. The van der Waals surface area contributed by atoms with E-state index in [4.69, 9.17) is 0 Å². The number of nitrogens with zero attached hydrogens (tertiary/aromatic N) is 4. The second-order valence-electron chi connectivity index (χ2n) is 16.0. The summed E-state index contributed by atoms with van der Waals surface area (Å²) in [6.45, 7) is 31.2. The molecule has 6 aliphatic heterocycles. The van der Waals surface area contributed by atoms with E-state index < -0.39 is 0 Å². The van der Waals surface area contributed by atoms with Crippen molar-refractivity contribution in [3.05, 3.63) is 0 Å². The molecule has 0 radical (unpaired) electrons. The van der Waals surface area contributed by atoms with Gasteiger partial charge in [-0.1, -0.05) is 0 Å². The van der Waals surface area contributed by atoms with Crippen LogP contribution in [-0.4, -0.2) is 121 Å². The van der Waals surface area contributed by atoms with Gasteiger partial charge in [0.05, 0.1) is 0 Å². The Morgan fingerprint density at radius 2 is 1.31 bits per heavy atom. The summed E-state index contributed by atoms with van der Waals surface area (Å²) in [4.78, 5) is 10.9. The van der Waals surface area contributed by atoms with E-state index in [2.05, 4.69) is 85.7 Å². The van der Waals surface area contributed by atoms with Crippen molar-refractivity contribution < 1.29 is 0 Å². The molecule has 0 bridgehead atoms. The van der Waals surface area contributed by atoms with Crippen molar-refractivity contribution in [2.24, 2.45) is 22.2 Å². The zero-order valence-electron chi connectivity index (χ0n) is 24.1. The van der Waals surface area contributed by atoms with E-state index >= 15 is 0 Å². The van der Waals surface area contributed by atoms with Crippen LogP contribution in [0.2, 0.25) is 0 Å². The zero-order chi connectivity index (χ0) is 25.1. The average Bonchev–Trinajstić information content (AvgIpc) is 3.41. The van der Waals surface area contributed by atoms with Gasteiger partial charge >= 0.3 is 0 Å². The van der Waals surface area contributed by atoms with Gasteiger partial charge in [0.1, 0.15) is 0 Å². The fraction of sp³-hybridized carbons (Fsp3) is 1.00. The predicted octanol–water partition coefficient (Wildman–Crippen LogP) is 2.16. The van der Waals surface area contributed by atoms with Crippen LogP contribution in [-0.2, 0) is 0 Å². The van der Waals surface area contributed by atoms with Crippen molar-refractivity contribution in [1.29, 1.82) is 0 Å². The second-order valence-corrected chi connectivity index (χ2v) is 16.0. The lowest BCUT2D eigenvalue weighted by atomic mass is 9.57. The summed E-state index contributed by atoms with van der Waals surface area (Å²) in [6, 6.07) is 0.692. The Kier molecular flexibility index (Phi) is 5.49. The Labute approximate surface area is 215 Å². The Morgan fingerprint density at radius 1 is 0.686 bits per heavy atom. The molecular weight excluding hydrogens is 432 g/mol. The maximum Gasteiger partial charge on any atom is 0.0332 e. The Hall–Kier alpha value is -0.240. The first-order chi connectivity index (χ1) is 16.2. The topological polar surface area (TPSA) is 37.0 Å². The molecule has 35 heavy (non-hydrogen) atoms. The lowest BCUT2D eigenvalue weighted by Crippen LogP contribution is -2.79. The molecule has 6 saturated heterocycles. The SMILES string of the molecule is CN1CCC2(C1)CN(C(C)(C)C(C)(C)N1CC3(CNCC3C3NCC34CCN(C(C)(C)C)C4)C1)C2. The maximum absolute atomic E-state index is 3.97. The third kappa shape index (κ3) is 3.56. The van der Waals surface area contributed by atoms with E-state index in [0.29, 0.717) is 27.8 Å². The molecule has 6 nitrogen and oxygen atoms in total. The van der Waals surface area contributed by atoms with Crippen LogP contribution in [0.15, 0.2) is 0 Å². The highest BCUT2D eigenvalue weighted by molar-refractivity contribution is 5.21. The summed E-state index contributed by atoms with van der Waals surface area (Å²) in [5.74, 6) is 0.771. The molecule has 3 atom stereocenters. The molecule has 6 fully saturated rings. The van der Waals surface area contributed by atoms with E-state index in [9.17, 15) is 0 Å². The Balaban J connectivity index is 1.11. The maximum atomic E-state index is 3.97. The quantitative estimate of drug-likeness (QED) is 0.634. The molecule has 0 amide bonds.